The number of carbonyl (C=O) groups excluding carboxylic acids is 2. The number of nitrogens with zero attached hydrogens (tertiary/aromatic N) is 2. The van der Waals surface area contributed by atoms with E-state index in [1.807, 2.05) is 52.0 Å². The SMILES string of the molecule is CCCCNC(=O)[C@H](CC)N(Cc1ccccc1C)C(=O)CN(c1ccc(OCC)cc1)S(=O)(=O)c1ccc(OC)c(OC)c1. The molecule has 3 aromatic carbocycles. The smallest absolute Gasteiger partial charge is 0.264 e. The van der Waals surface area contributed by atoms with Gasteiger partial charge in [0.2, 0.25) is 11.8 Å². The molecular weight excluding hydrogens is 594 g/mol. The third-order valence-electron chi connectivity index (χ3n) is 7.47. The standard InChI is InChI=1S/C34H45N3O7S/c1-7-10-21-35-34(39)30(8-2)36(23-26-14-12-11-13-25(26)4)33(38)24-37(27-15-17-28(18-16-27)44-9-3)45(40,41)29-19-20-31(42-5)32(22-29)43-6/h11-20,22,30H,7-10,21,23-24H2,1-6H3,(H,35,39)/t30-/m0/s1. The minimum absolute atomic E-state index is 0.0864. The molecule has 45 heavy (non-hydrogen) atoms. The number of aryl methyl sites for hydroxylation is 1. The van der Waals surface area contributed by atoms with Gasteiger partial charge < -0.3 is 24.4 Å². The van der Waals surface area contributed by atoms with Crippen LogP contribution in [-0.2, 0) is 26.2 Å². The quantitative estimate of drug-likeness (QED) is 0.199. The van der Waals surface area contributed by atoms with Gasteiger partial charge in [-0.25, -0.2) is 8.42 Å². The van der Waals surface area contributed by atoms with Crippen LogP contribution in [0.4, 0.5) is 5.69 Å². The molecule has 0 heterocycles. The molecule has 0 aromatic heterocycles. The van der Waals surface area contributed by atoms with E-state index >= 15 is 0 Å². The highest BCUT2D eigenvalue weighted by Crippen LogP contribution is 2.33. The van der Waals surface area contributed by atoms with E-state index in [9.17, 15) is 18.0 Å². The molecule has 244 valence electrons. The van der Waals surface area contributed by atoms with Gasteiger partial charge in [0.15, 0.2) is 11.5 Å². The van der Waals surface area contributed by atoms with E-state index in [1.165, 1.54) is 37.3 Å². The Morgan fingerprint density at radius 1 is 0.911 bits per heavy atom. The van der Waals surface area contributed by atoms with Crippen LogP contribution in [0.2, 0.25) is 0 Å². The molecule has 11 heteroatoms. The van der Waals surface area contributed by atoms with Crippen molar-refractivity contribution in [3.05, 3.63) is 77.9 Å². The molecular formula is C34H45N3O7S. The number of benzene rings is 3. The summed E-state index contributed by atoms with van der Waals surface area (Å²) in [5, 5.41) is 2.95. The summed E-state index contributed by atoms with van der Waals surface area (Å²) in [7, 11) is -1.43. The number of unbranched alkanes of at least 4 members (excludes halogenated alkanes) is 1. The van der Waals surface area contributed by atoms with Crippen LogP contribution < -0.4 is 23.8 Å². The first-order valence-electron chi connectivity index (χ1n) is 15.2. The summed E-state index contributed by atoms with van der Waals surface area (Å²) in [5.74, 6) is 0.362. The number of amides is 2. The van der Waals surface area contributed by atoms with E-state index < -0.39 is 28.5 Å². The van der Waals surface area contributed by atoms with E-state index in [1.54, 1.807) is 24.3 Å². The van der Waals surface area contributed by atoms with Crippen molar-refractivity contribution >= 4 is 27.5 Å². The van der Waals surface area contributed by atoms with E-state index in [2.05, 4.69) is 5.32 Å². The topological polar surface area (TPSA) is 114 Å². The highest BCUT2D eigenvalue weighted by Gasteiger charge is 2.34. The number of sulfonamides is 1. The Morgan fingerprint density at radius 2 is 1.60 bits per heavy atom. The molecule has 0 saturated carbocycles. The van der Waals surface area contributed by atoms with Gasteiger partial charge >= 0.3 is 0 Å². The lowest BCUT2D eigenvalue weighted by Gasteiger charge is -2.33. The Hall–Kier alpha value is -4.25. The fourth-order valence-corrected chi connectivity index (χ4v) is 6.34. The summed E-state index contributed by atoms with van der Waals surface area (Å²) in [4.78, 5) is 29.1. The van der Waals surface area contributed by atoms with Gasteiger partial charge in [0.1, 0.15) is 18.3 Å². The summed E-state index contributed by atoms with van der Waals surface area (Å²) in [6.07, 6.45) is 2.07. The number of anilines is 1. The third kappa shape index (κ3) is 8.91. The number of carbonyl (C=O) groups is 2. The Balaban J connectivity index is 2.10. The van der Waals surface area contributed by atoms with Crippen molar-refractivity contribution in [2.75, 3.05) is 38.2 Å². The van der Waals surface area contributed by atoms with Crippen molar-refractivity contribution < 1.29 is 32.2 Å². The van der Waals surface area contributed by atoms with Crippen molar-refractivity contribution in [3.8, 4) is 17.2 Å². The molecule has 10 nitrogen and oxygen atoms in total. The van der Waals surface area contributed by atoms with Crippen LogP contribution >= 0.6 is 0 Å². The second kappa shape index (κ2) is 16.7. The fraction of sp³-hybridized carbons (Fsp3) is 0.412. The zero-order valence-electron chi connectivity index (χ0n) is 27.0. The number of methoxy groups -OCH3 is 2. The molecule has 1 atom stereocenters. The van der Waals surface area contributed by atoms with E-state index in [-0.39, 0.29) is 28.8 Å². The van der Waals surface area contributed by atoms with Crippen molar-refractivity contribution in [3.63, 3.8) is 0 Å². The third-order valence-corrected chi connectivity index (χ3v) is 9.24. The number of hydrogen-bond acceptors (Lipinski definition) is 7. The second-order valence-corrected chi connectivity index (χ2v) is 12.3. The van der Waals surface area contributed by atoms with Crippen LogP contribution in [-0.4, -0.2) is 65.1 Å². The minimum atomic E-state index is -4.31. The van der Waals surface area contributed by atoms with Crippen molar-refractivity contribution in [2.45, 2.75) is 64.4 Å². The second-order valence-electron chi connectivity index (χ2n) is 10.5. The van der Waals surface area contributed by atoms with Crippen LogP contribution in [0.25, 0.3) is 0 Å². The fourth-order valence-electron chi connectivity index (χ4n) is 4.90. The van der Waals surface area contributed by atoms with Crippen LogP contribution in [0.1, 0.15) is 51.2 Å². The van der Waals surface area contributed by atoms with E-state index in [4.69, 9.17) is 14.2 Å². The molecule has 0 aliphatic rings. The summed E-state index contributed by atoms with van der Waals surface area (Å²) < 4.78 is 45.8. The monoisotopic (exact) mass is 639 g/mol. The Bertz CT molecular complexity index is 1530. The predicted octanol–water partition coefficient (Wildman–Crippen LogP) is 5.33. The molecule has 0 aliphatic heterocycles. The van der Waals surface area contributed by atoms with Crippen LogP contribution in [0, 0.1) is 6.92 Å². The first-order chi connectivity index (χ1) is 21.6. The van der Waals surface area contributed by atoms with Crippen LogP contribution in [0.3, 0.4) is 0 Å². The average molecular weight is 640 g/mol. The molecule has 0 fully saturated rings. The molecule has 0 spiro atoms. The zero-order chi connectivity index (χ0) is 33.0. The normalized spacial score (nSPS) is 11.8. The van der Waals surface area contributed by atoms with Gasteiger partial charge in [0.05, 0.1) is 31.4 Å². The lowest BCUT2D eigenvalue weighted by Crippen LogP contribution is -2.52. The first kappa shape index (κ1) is 35.2. The summed E-state index contributed by atoms with van der Waals surface area (Å²) >= 11 is 0. The molecule has 0 unspecified atom stereocenters. The van der Waals surface area contributed by atoms with Gasteiger partial charge in [-0.3, -0.25) is 13.9 Å². The number of nitrogens with one attached hydrogen (secondary N) is 1. The molecule has 0 aliphatic carbocycles. The molecule has 0 saturated heterocycles. The Morgan fingerprint density at radius 3 is 2.20 bits per heavy atom. The molecule has 3 rings (SSSR count). The van der Waals surface area contributed by atoms with Gasteiger partial charge in [-0.05, 0) is 74.2 Å². The summed E-state index contributed by atoms with van der Waals surface area (Å²) in [6.45, 7) is 8.19. The average Bonchev–Trinajstić information content (AvgIpc) is 3.04. The maximum Gasteiger partial charge on any atom is 0.264 e. The molecule has 1 N–H and O–H groups in total. The minimum Gasteiger partial charge on any atom is -0.494 e. The zero-order valence-corrected chi connectivity index (χ0v) is 27.9. The lowest BCUT2D eigenvalue weighted by atomic mass is 10.1. The highest BCUT2D eigenvalue weighted by molar-refractivity contribution is 7.92. The van der Waals surface area contributed by atoms with Gasteiger partial charge in [-0.2, -0.15) is 0 Å². The maximum atomic E-state index is 14.3. The van der Waals surface area contributed by atoms with Gasteiger partial charge in [-0.15, -0.1) is 0 Å². The lowest BCUT2D eigenvalue weighted by molar-refractivity contribution is -0.140. The van der Waals surface area contributed by atoms with Crippen molar-refractivity contribution in [1.82, 2.24) is 10.2 Å². The van der Waals surface area contributed by atoms with E-state index in [0.29, 0.717) is 31.1 Å². The largest absolute Gasteiger partial charge is 0.494 e. The van der Waals surface area contributed by atoms with Crippen molar-refractivity contribution in [2.24, 2.45) is 0 Å². The van der Waals surface area contributed by atoms with Gasteiger partial charge in [0.25, 0.3) is 10.0 Å². The molecule has 0 radical (unpaired) electrons. The number of ether oxygens (including phenoxy) is 3. The number of hydrogen-bond donors (Lipinski definition) is 1. The molecule has 0 bridgehead atoms. The van der Waals surface area contributed by atoms with E-state index in [0.717, 1.165) is 28.3 Å². The van der Waals surface area contributed by atoms with Crippen molar-refractivity contribution in [1.29, 1.82) is 0 Å². The summed E-state index contributed by atoms with van der Waals surface area (Å²) in [5.41, 5.74) is 2.08. The molecule has 2 amide bonds. The summed E-state index contributed by atoms with van der Waals surface area (Å²) in [6, 6.07) is 17.6. The Labute approximate surface area is 267 Å². The predicted molar refractivity (Wildman–Crippen MR) is 175 cm³/mol. The van der Waals surface area contributed by atoms with Gasteiger partial charge in [-0.1, -0.05) is 44.5 Å². The number of rotatable bonds is 17. The van der Waals surface area contributed by atoms with Crippen LogP contribution in [0.5, 0.6) is 17.2 Å². The highest BCUT2D eigenvalue weighted by atomic mass is 32.2. The van der Waals surface area contributed by atoms with Gasteiger partial charge in [0, 0.05) is 19.2 Å². The maximum absolute atomic E-state index is 14.3. The molecule has 3 aromatic rings. The first-order valence-corrected chi connectivity index (χ1v) is 16.6. The van der Waals surface area contributed by atoms with Crippen LogP contribution in [0.15, 0.2) is 71.6 Å². The Kier molecular flexibility index (Phi) is 13.1.